The number of anilines is 1. The smallest absolute Gasteiger partial charge is 0.253 e. The molecule has 0 saturated carbocycles. The molecular formula is C21H20ClN3OS. The molecule has 1 amide bonds. The largest absolute Gasteiger partial charge is 0.350 e. The van der Waals surface area contributed by atoms with E-state index in [4.69, 9.17) is 16.6 Å². The Bertz CT molecular complexity index is 954. The van der Waals surface area contributed by atoms with Crippen molar-refractivity contribution in [2.75, 3.05) is 5.32 Å². The quantitative estimate of drug-likeness (QED) is 0.734. The van der Waals surface area contributed by atoms with Gasteiger partial charge in [0.25, 0.3) is 5.91 Å². The average Bonchev–Trinajstić information content (AvgIpc) is 3.13. The minimum atomic E-state index is -0.101. The van der Waals surface area contributed by atoms with Gasteiger partial charge in [-0.2, -0.15) is 0 Å². The van der Waals surface area contributed by atoms with Gasteiger partial charge in [-0.1, -0.05) is 41.9 Å². The van der Waals surface area contributed by atoms with Crippen molar-refractivity contribution < 1.29 is 4.79 Å². The van der Waals surface area contributed by atoms with Crippen LogP contribution >= 0.6 is 23.4 Å². The van der Waals surface area contributed by atoms with E-state index in [9.17, 15) is 4.79 Å². The number of nitrogens with zero attached hydrogens (tertiary/aromatic N) is 1. The van der Waals surface area contributed by atoms with Crippen LogP contribution < -0.4 is 10.6 Å². The second-order valence-electron chi connectivity index (χ2n) is 6.88. The number of allylic oxidation sites excluding steroid dienone is 1. The minimum absolute atomic E-state index is 0.0660. The normalized spacial score (nSPS) is 20.1. The molecule has 0 spiro atoms. The molecule has 27 heavy (non-hydrogen) atoms. The fourth-order valence-electron chi connectivity index (χ4n) is 3.36. The number of benzene rings is 2. The van der Waals surface area contributed by atoms with Crippen molar-refractivity contribution in [2.24, 2.45) is 4.99 Å². The maximum Gasteiger partial charge on any atom is 0.253 e. The lowest BCUT2D eigenvalue weighted by molar-refractivity contribution is 0.0943. The Kier molecular flexibility index (Phi) is 4.98. The first-order valence-corrected chi connectivity index (χ1v) is 10.2. The third-order valence-corrected chi connectivity index (χ3v) is 6.02. The lowest BCUT2D eigenvalue weighted by Crippen LogP contribution is -2.33. The Morgan fingerprint density at radius 3 is 2.78 bits per heavy atom. The van der Waals surface area contributed by atoms with Gasteiger partial charge in [0.2, 0.25) is 0 Å². The van der Waals surface area contributed by atoms with Gasteiger partial charge in [0.05, 0.1) is 27.2 Å². The van der Waals surface area contributed by atoms with Crippen molar-refractivity contribution in [3.8, 4) is 0 Å². The monoisotopic (exact) mass is 397 g/mol. The van der Waals surface area contributed by atoms with Gasteiger partial charge in [0, 0.05) is 12.0 Å². The van der Waals surface area contributed by atoms with Gasteiger partial charge in [-0.05, 0) is 43.0 Å². The number of rotatable bonds is 3. The highest BCUT2D eigenvalue weighted by Crippen LogP contribution is 2.46. The number of amidine groups is 1. The molecule has 2 aliphatic heterocycles. The summed E-state index contributed by atoms with van der Waals surface area (Å²) in [7, 11) is 0. The molecule has 2 heterocycles. The van der Waals surface area contributed by atoms with Crippen LogP contribution in [0.2, 0.25) is 5.02 Å². The van der Waals surface area contributed by atoms with Crippen LogP contribution in [0, 0.1) is 0 Å². The van der Waals surface area contributed by atoms with Crippen molar-refractivity contribution in [1.82, 2.24) is 5.32 Å². The second-order valence-corrected chi connectivity index (χ2v) is 8.34. The van der Waals surface area contributed by atoms with Crippen molar-refractivity contribution in [2.45, 2.75) is 31.1 Å². The first kappa shape index (κ1) is 18.1. The standard InChI is InChI=1S/C21H20ClN3OS/c1-12(2)23-21(26)15-7-5-6-13-14-10-11-27-19(14)20(25-18(13)15)24-17-9-4-3-8-16(17)22/h3-12,14,19H,1-2H3,(H,23,26)(H,24,25). The van der Waals surface area contributed by atoms with E-state index in [2.05, 4.69) is 28.2 Å². The van der Waals surface area contributed by atoms with Crippen molar-refractivity contribution in [3.63, 3.8) is 0 Å². The molecule has 6 heteroatoms. The molecule has 2 aliphatic rings. The Morgan fingerprint density at radius 2 is 2.00 bits per heavy atom. The van der Waals surface area contributed by atoms with E-state index in [1.54, 1.807) is 11.8 Å². The Balaban J connectivity index is 1.78. The van der Waals surface area contributed by atoms with Crippen molar-refractivity contribution in [3.05, 3.63) is 70.1 Å². The Labute approximate surface area is 168 Å². The maximum atomic E-state index is 12.7. The number of hydrogen-bond donors (Lipinski definition) is 2. The van der Waals surface area contributed by atoms with E-state index < -0.39 is 0 Å². The molecule has 0 aliphatic carbocycles. The second kappa shape index (κ2) is 7.41. The van der Waals surface area contributed by atoms with E-state index in [0.717, 1.165) is 22.8 Å². The summed E-state index contributed by atoms with van der Waals surface area (Å²) < 4.78 is 0. The number of thioether (sulfide) groups is 1. The summed E-state index contributed by atoms with van der Waals surface area (Å²) in [6, 6.07) is 13.5. The van der Waals surface area contributed by atoms with Crippen LogP contribution in [0.5, 0.6) is 0 Å². The van der Waals surface area contributed by atoms with E-state index in [0.29, 0.717) is 10.6 Å². The lowest BCUT2D eigenvalue weighted by Gasteiger charge is -2.29. The number of aliphatic imine (C=N–C) groups is 1. The summed E-state index contributed by atoms with van der Waals surface area (Å²) in [6.07, 6.45) is 2.18. The summed E-state index contributed by atoms with van der Waals surface area (Å²) in [6.45, 7) is 3.90. The van der Waals surface area contributed by atoms with Crippen LogP contribution in [0.25, 0.3) is 0 Å². The highest BCUT2D eigenvalue weighted by molar-refractivity contribution is 8.03. The molecule has 138 valence electrons. The highest BCUT2D eigenvalue weighted by Gasteiger charge is 2.36. The molecule has 2 aromatic carbocycles. The number of nitrogens with one attached hydrogen (secondary N) is 2. The van der Waals surface area contributed by atoms with Gasteiger partial charge >= 0.3 is 0 Å². The average molecular weight is 398 g/mol. The van der Waals surface area contributed by atoms with E-state index in [1.165, 1.54) is 0 Å². The predicted octanol–water partition coefficient (Wildman–Crippen LogP) is 5.35. The third-order valence-electron chi connectivity index (χ3n) is 4.57. The van der Waals surface area contributed by atoms with Crippen molar-refractivity contribution >= 4 is 46.5 Å². The third kappa shape index (κ3) is 3.49. The fraction of sp³-hybridized carbons (Fsp3) is 0.238. The first-order valence-electron chi connectivity index (χ1n) is 8.90. The molecule has 0 bridgehead atoms. The molecule has 2 unspecified atom stereocenters. The van der Waals surface area contributed by atoms with Gasteiger partial charge in [-0.25, -0.2) is 4.99 Å². The van der Waals surface area contributed by atoms with E-state index in [-0.39, 0.29) is 23.1 Å². The van der Waals surface area contributed by atoms with Crippen LogP contribution in [-0.4, -0.2) is 23.0 Å². The molecule has 2 N–H and O–H groups in total. The number of amides is 1. The summed E-state index contributed by atoms with van der Waals surface area (Å²) in [5.74, 6) is 0.899. The Hall–Kier alpha value is -2.24. The lowest BCUT2D eigenvalue weighted by atomic mass is 9.89. The first-order chi connectivity index (χ1) is 13.0. The molecule has 0 fully saturated rings. The number of fused-ring (bicyclic) bond motifs is 3. The molecule has 0 saturated heterocycles. The number of halogens is 1. The molecule has 2 atom stereocenters. The summed E-state index contributed by atoms with van der Waals surface area (Å²) in [4.78, 5) is 17.6. The van der Waals surface area contributed by atoms with Crippen LogP contribution in [0.3, 0.4) is 0 Å². The van der Waals surface area contributed by atoms with Crippen LogP contribution in [-0.2, 0) is 0 Å². The molecular weight excluding hydrogens is 378 g/mol. The van der Waals surface area contributed by atoms with Gasteiger partial charge in [-0.3, -0.25) is 4.79 Å². The molecule has 4 nitrogen and oxygen atoms in total. The maximum absolute atomic E-state index is 12.7. The highest BCUT2D eigenvalue weighted by atomic mass is 35.5. The number of carbonyl (C=O) groups excluding carboxylic acids is 1. The molecule has 4 rings (SSSR count). The summed E-state index contributed by atoms with van der Waals surface area (Å²) in [5, 5.41) is 9.26. The minimum Gasteiger partial charge on any atom is -0.350 e. The SMILES string of the molecule is CC(C)NC(=O)c1cccc2c1N=C(Nc1ccccc1Cl)C1SC=CC21. The topological polar surface area (TPSA) is 53.5 Å². The van der Waals surface area contributed by atoms with Crippen LogP contribution in [0.15, 0.2) is 58.9 Å². The Morgan fingerprint density at radius 1 is 1.19 bits per heavy atom. The van der Waals surface area contributed by atoms with E-state index in [1.807, 2.05) is 50.2 Å². The van der Waals surface area contributed by atoms with Gasteiger partial charge in [0.15, 0.2) is 0 Å². The van der Waals surface area contributed by atoms with Crippen LogP contribution in [0.4, 0.5) is 11.4 Å². The predicted molar refractivity (Wildman–Crippen MR) is 114 cm³/mol. The molecule has 0 aromatic heterocycles. The number of hydrogen-bond acceptors (Lipinski definition) is 4. The summed E-state index contributed by atoms with van der Waals surface area (Å²) >= 11 is 8.05. The number of carbonyl (C=O) groups is 1. The van der Waals surface area contributed by atoms with Gasteiger partial charge < -0.3 is 10.6 Å². The zero-order valence-electron chi connectivity index (χ0n) is 15.1. The zero-order chi connectivity index (χ0) is 19.0. The fourth-order valence-corrected chi connectivity index (χ4v) is 4.62. The summed E-state index contributed by atoms with van der Waals surface area (Å²) in [5.41, 5.74) is 3.24. The molecule has 0 radical (unpaired) electrons. The van der Waals surface area contributed by atoms with Crippen molar-refractivity contribution in [1.29, 1.82) is 0 Å². The number of para-hydroxylation sites is 2. The zero-order valence-corrected chi connectivity index (χ0v) is 16.6. The van der Waals surface area contributed by atoms with Crippen LogP contribution in [0.1, 0.15) is 35.7 Å². The van der Waals surface area contributed by atoms with Gasteiger partial charge in [0.1, 0.15) is 5.84 Å². The van der Waals surface area contributed by atoms with E-state index >= 15 is 0 Å². The van der Waals surface area contributed by atoms with Gasteiger partial charge in [-0.15, -0.1) is 11.8 Å². The molecule has 2 aromatic rings.